The van der Waals surface area contributed by atoms with Crippen LogP contribution in [0.4, 0.5) is 5.69 Å². The molecule has 1 fully saturated rings. The van der Waals surface area contributed by atoms with Crippen molar-refractivity contribution in [3.8, 4) is 0 Å². The highest BCUT2D eigenvalue weighted by atomic mass is 16.3. The minimum absolute atomic E-state index is 0.0448. The third kappa shape index (κ3) is 3.59. The van der Waals surface area contributed by atoms with Crippen LogP contribution in [0.1, 0.15) is 16.1 Å². The van der Waals surface area contributed by atoms with E-state index in [1.54, 1.807) is 21.9 Å². The highest BCUT2D eigenvalue weighted by Crippen LogP contribution is 2.13. The molecule has 6 heteroatoms. The van der Waals surface area contributed by atoms with Crippen LogP contribution in [0.25, 0.3) is 0 Å². The second kappa shape index (κ2) is 7.21. The third-order valence-electron chi connectivity index (χ3n) is 4.23. The lowest BCUT2D eigenvalue weighted by atomic mass is 10.2. The molecule has 2 amide bonds. The number of carbonyl (C=O) groups is 2. The average molecular weight is 327 g/mol. The summed E-state index contributed by atoms with van der Waals surface area (Å²) in [5, 5.41) is 3.18. The van der Waals surface area contributed by atoms with Gasteiger partial charge in [0.15, 0.2) is 5.76 Å². The van der Waals surface area contributed by atoms with Gasteiger partial charge in [-0.1, -0.05) is 18.2 Å². The van der Waals surface area contributed by atoms with Gasteiger partial charge in [-0.05, 0) is 30.7 Å². The fraction of sp³-hybridized carbons (Fsp3) is 0.333. The van der Waals surface area contributed by atoms with Crippen LogP contribution in [0.5, 0.6) is 0 Å². The van der Waals surface area contributed by atoms with Crippen molar-refractivity contribution in [3.63, 3.8) is 0 Å². The standard InChI is InChI=1S/C18H21N3O3/c1-14-5-2-3-6-15(14)19-13-17(22)20-8-10-21(11-9-20)18(23)16-7-4-12-24-16/h2-7,12,19H,8-11,13H2,1H3. The minimum Gasteiger partial charge on any atom is -0.459 e. The number of aryl methyl sites for hydroxylation is 1. The molecule has 0 radical (unpaired) electrons. The van der Waals surface area contributed by atoms with Gasteiger partial charge in [0, 0.05) is 31.9 Å². The summed E-state index contributed by atoms with van der Waals surface area (Å²) in [5.41, 5.74) is 2.08. The lowest BCUT2D eigenvalue weighted by Gasteiger charge is -2.34. The Kier molecular flexibility index (Phi) is 4.84. The predicted molar refractivity (Wildman–Crippen MR) is 90.9 cm³/mol. The van der Waals surface area contributed by atoms with Crippen LogP contribution in [0, 0.1) is 6.92 Å². The number of anilines is 1. The van der Waals surface area contributed by atoms with Crippen molar-refractivity contribution in [2.45, 2.75) is 6.92 Å². The smallest absolute Gasteiger partial charge is 0.289 e. The number of nitrogens with one attached hydrogen (secondary N) is 1. The number of rotatable bonds is 4. The first-order valence-electron chi connectivity index (χ1n) is 8.05. The maximum Gasteiger partial charge on any atom is 0.289 e. The van der Waals surface area contributed by atoms with Gasteiger partial charge in [-0.15, -0.1) is 0 Å². The zero-order valence-corrected chi connectivity index (χ0v) is 13.7. The van der Waals surface area contributed by atoms with Gasteiger partial charge in [0.1, 0.15) is 0 Å². The number of nitrogens with zero attached hydrogens (tertiary/aromatic N) is 2. The highest BCUT2D eigenvalue weighted by Gasteiger charge is 2.25. The van der Waals surface area contributed by atoms with Crippen molar-refractivity contribution in [1.82, 2.24) is 9.80 Å². The molecule has 0 spiro atoms. The molecular formula is C18H21N3O3. The van der Waals surface area contributed by atoms with Crippen LogP contribution in [-0.4, -0.2) is 54.3 Å². The molecule has 126 valence electrons. The summed E-state index contributed by atoms with van der Waals surface area (Å²) in [4.78, 5) is 28.0. The molecule has 1 N–H and O–H groups in total. The molecule has 0 unspecified atom stereocenters. The van der Waals surface area contributed by atoms with E-state index in [1.165, 1.54) is 6.26 Å². The molecular weight excluding hydrogens is 306 g/mol. The summed E-state index contributed by atoms with van der Waals surface area (Å²) in [6.45, 7) is 4.40. The van der Waals surface area contributed by atoms with E-state index in [0.717, 1.165) is 11.3 Å². The van der Waals surface area contributed by atoms with E-state index in [9.17, 15) is 9.59 Å². The SMILES string of the molecule is Cc1ccccc1NCC(=O)N1CCN(C(=O)c2ccco2)CC1. The number of amides is 2. The number of hydrogen-bond donors (Lipinski definition) is 1. The fourth-order valence-electron chi connectivity index (χ4n) is 2.77. The molecule has 1 aliphatic rings. The van der Waals surface area contributed by atoms with Gasteiger partial charge in [-0.25, -0.2) is 0 Å². The maximum atomic E-state index is 12.3. The molecule has 2 heterocycles. The Labute approximate surface area is 141 Å². The zero-order valence-electron chi connectivity index (χ0n) is 13.7. The van der Waals surface area contributed by atoms with E-state index in [4.69, 9.17) is 4.42 Å². The van der Waals surface area contributed by atoms with Gasteiger partial charge < -0.3 is 19.5 Å². The third-order valence-corrected chi connectivity index (χ3v) is 4.23. The van der Waals surface area contributed by atoms with Crippen molar-refractivity contribution >= 4 is 17.5 Å². The average Bonchev–Trinajstić information content (AvgIpc) is 3.15. The van der Waals surface area contributed by atoms with Gasteiger partial charge in [0.2, 0.25) is 5.91 Å². The van der Waals surface area contributed by atoms with Gasteiger partial charge in [-0.2, -0.15) is 0 Å². The van der Waals surface area contributed by atoms with Gasteiger partial charge in [0.05, 0.1) is 12.8 Å². The molecule has 0 saturated carbocycles. The van der Waals surface area contributed by atoms with E-state index in [0.29, 0.717) is 31.9 Å². The Balaban J connectivity index is 1.48. The van der Waals surface area contributed by atoms with Crippen LogP contribution in [0.2, 0.25) is 0 Å². The number of para-hydroxylation sites is 1. The number of carbonyl (C=O) groups excluding carboxylic acids is 2. The van der Waals surface area contributed by atoms with Crippen LogP contribution < -0.4 is 5.32 Å². The monoisotopic (exact) mass is 327 g/mol. The normalized spacial score (nSPS) is 14.5. The molecule has 6 nitrogen and oxygen atoms in total. The Hall–Kier alpha value is -2.76. The number of furan rings is 1. The van der Waals surface area contributed by atoms with Crippen molar-refractivity contribution in [2.24, 2.45) is 0 Å². The summed E-state index contributed by atoms with van der Waals surface area (Å²) in [7, 11) is 0. The maximum absolute atomic E-state index is 12.3. The van der Waals surface area contributed by atoms with Crippen LogP contribution in [-0.2, 0) is 4.79 Å². The molecule has 0 atom stereocenters. The van der Waals surface area contributed by atoms with E-state index < -0.39 is 0 Å². The molecule has 0 bridgehead atoms. The number of hydrogen-bond acceptors (Lipinski definition) is 4. The van der Waals surface area contributed by atoms with Gasteiger partial charge >= 0.3 is 0 Å². The van der Waals surface area contributed by atoms with E-state index in [2.05, 4.69) is 5.32 Å². The Morgan fingerprint density at radius 3 is 2.42 bits per heavy atom. The lowest BCUT2D eigenvalue weighted by molar-refractivity contribution is -0.130. The predicted octanol–water partition coefficient (Wildman–Crippen LogP) is 1.98. The molecule has 24 heavy (non-hydrogen) atoms. The van der Waals surface area contributed by atoms with Crippen molar-refractivity contribution in [2.75, 3.05) is 38.0 Å². The Bertz CT molecular complexity index is 704. The first-order chi connectivity index (χ1) is 11.6. The van der Waals surface area contributed by atoms with Crippen LogP contribution >= 0.6 is 0 Å². The fourth-order valence-corrected chi connectivity index (χ4v) is 2.77. The van der Waals surface area contributed by atoms with Crippen molar-refractivity contribution < 1.29 is 14.0 Å². The molecule has 1 aromatic carbocycles. The topological polar surface area (TPSA) is 65.8 Å². The van der Waals surface area contributed by atoms with Crippen LogP contribution in [0.15, 0.2) is 47.1 Å². The molecule has 3 rings (SSSR count). The molecule has 1 aromatic heterocycles. The van der Waals surface area contributed by atoms with Gasteiger partial charge in [-0.3, -0.25) is 9.59 Å². The molecule has 1 aliphatic heterocycles. The Morgan fingerprint density at radius 2 is 1.75 bits per heavy atom. The second-order valence-corrected chi connectivity index (χ2v) is 5.82. The largest absolute Gasteiger partial charge is 0.459 e. The van der Waals surface area contributed by atoms with E-state index in [-0.39, 0.29) is 18.4 Å². The van der Waals surface area contributed by atoms with E-state index in [1.807, 2.05) is 31.2 Å². The first kappa shape index (κ1) is 16.1. The Morgan fingerprint density at radius 1 is 1.04 bits per heavy atom. The number of piperazine rings is 1. The zero-order chi connectivity index (χ0) is 16.9. The summed E-state index contributed by atoms with van der Waals surface area (Å²) < 4.78 is 5.14. The molecule has 2 aromatic rings. The highest BCUT2D eigenvalue weighted by molar-refractivity contribution is 5.91. The minimum atomic E-state index is -0.120. The first-order valence-corrected chi connectivity index (χ1v) is 8.05. The summed E-state index contributed by atoms with van der Waals surface area (Å²) >= 11 is 0. The lowest BCUT2D eigenvalue weighted by Crippen LogP contribution is -2.51. The van der Waals surface area contributed by atoms with Crippen molar-refractivity contribution in [1.29, 1.82) is 0 Å². The molecule has 1 saturated heterocycles. The molecule has 0 aliphatic carbocycles. The summed E-state index contributed by atoms with van der Waals surface area (Å²) in [6.07, 6.45) is 1.49. The summed E-state index contributed by atoms with van der Waals surface area (Å²) in [5.74, 6) is 0.268. The second-order valence-electron chi connectivity index (χ2n) is 5.82. The number of benzene rings is 1. The van der Waals surface area contributed by atoms with E-state index >= 15 is 0 Å². The quantitative estimate of drug-likeness (QED) is 0.932. The summed E-state index contributed by atoms with van der Waals surface area (Å²) in [6, 6.07) is 11.2. The van der Waals surface area contributed by atoms with Crippen LogP contribution in [0.3, 0.4) is 0 Å². The van der Waals surface area contributed by atoms with Crippen molar-refractivity contribution in [3.05, 3.63) is 54.0 Å². The van der Waals surface area contributed by atoms with Gasteiger partial charge in [0.25, 0.3) is 5.91 Å².